The molecule has 236 valence electrons. The Kier molecular flexibility index (Phi) is 7.14. The lowest BCUT2D eigenvalue weighted by atomic mass is 9.47. The van der Waals surface area contributed by atoms with Crippen LogP contribution >= 0.6 is 0 Å². The van der Waals surface area contributed by atoms with Gasteiger partial charge in [0.2, 0.25) is 16.6 Å². The molecular weight excluding hydrogens is 561 g/mol. The van der Waals surface area contributed by atoms with E-state index in [9.17, 15) is 4.79 Å². The van der Waals surface area contributed by atoms with Crippen LogP contribution in [0.5, 0.6) is 0 Å². The van der Waals surface area contributed by atoms with Gasteiger partial charge in [0.05, 0.1) is 24.7 Å². The summed E-state index contributed by atoms with van der Waals surface area (Å²) in [5, 5.41) is 0. The summed E-state index contributed by atoms with van der Waals surface area (Å²) in [6, 6.07) is 0. The van der Waals surface area contributed by atoms with Crippen molar-refractivity contribution >= 4 is 22.6 Å². The van der Waals surface area contributed by atoms with Gasteiger partial charge in [-0.3, -0.25) is 0 Å². The van der Waals surface area contributed by atoms with Crippen molar-refractivity contribution in [3.8, 4) is 0 Å². The van der Waals surface area contributed by atoms with Crippen molar-refractivity contribution in [1.82, 2.24) is 0 Å². The van der Waals surface area contributed by atoms with E-state index >= 15 is 0 Å². The molecule has 10 atom stereocenters. The van der Waals surface area contributed by atoms with Crippen LogP contribution in [0.4, 0.5) is 0 Å². The Bertz CT molecular complexity index is 1200. The zero-order chi connectivity index (χ0) is 30.7. The van der Waals surface area contributed by atoms with Crippen molar-refractivity contribution in [3.63, 3.8) is 0 Å². The van der Waals surface area contributed by atoms with Crippen LogP contribution < -0.4 is 0 Å². The topological polar surface area (TPSA) is 63.2 Å². The third-order valence-corrected chi connectivity index (χ3v) is 14.0. The van der Waals surface area contributed by atoms with Crippen molar-refractivity contribution < 1.29 is 27.9 Å². The van der Waals surface area contributed by atoms with Gasteiger partial charge >= 0.3 is 5.97 Å². The maximum absolute atomic E-state index is 12.6. The van der Waals surface area contributed by atoms with Gasteiger partial charge in [0.1, 0.15) is 0 Å². The quantitative estimate of drug-likeness (QED) is 0.229. The van der Waals surface area contributed by atoms with Crippen LogP contribution in [0.2, 0.25) is 39.3 Å². The van der Waals surface area contributed by atoms with E-state index in [4.69, 9.17) is 23.1 Å². The smallest absolute Gasteiger partial charge is 0.337 e. The maximum Gasteiger partial charge on any atom is 0.337 e. The first-order valence-corrected chi connectivity index (χ1v) is 23.4. The van der Waals surface area contributed by atoms with Crippen LogP contribution in [0, 0.1) is 40.4 Å². The van der Waals surface area contributed by atoms with Crippen LogP contribution in [0.3, 0.4) is 0 Å². The molecule has 4 fully saturated rings. The molecule has 0 unspecified atom stereocenters. The largest absolute Gasteiger partial charge is 0.547 e. The fourth-order valence-corrected chi connectivity index (χ4v) is 12.5. The molecule has 0 aromatic heterocycles. The molecule has 0 aromatic carbocycles. The number of rotatable bonds is 5. The molecule has 6 nitrogen and oxygen atoms in total. The molecular formula is C34H56O6Si2. The summed E-state index contributed by atoms with van der Waals surface area (Å²) < 4.78 is 32.3. The van der Waals surface area contributed by atoms with E-state index in [2.05, 4.69) is 66.1 Å². The van der Waals surface area contributed by atoms with Gasteiger partial charge in [-0.1, -0.05) is 20.8 Å². The molecule has 0 radical (unpaired) electrons. The second-order valence-electron chi connectivity index (χ2n) is 17.3. The number of esters is 1. The number of fused-ring (bicyclic) bond motifs is 7. The number of methoxy groups -OCH3 is 1. The highest BCUT2D eigenvalue weighted by molar-refractivity contribution is 6.70. The van der Waals surface area contributed by atoms with Crippen LogP contribution in [0.1, 0.15) is 79.1 Å². The maximum atomic E-state index is 12.6. The van der Waals surface area contributed by atoms with Crippen molar-refractivity contribution in [1.29, 1.82) is 0 Å². The van der Waals surface area contributed by atoms with E-state index in [1.54, 1.807) is 0 Å². The number of hydrogen-bond acceptors (Lipinski definition) is 6. The summed E-state index contributed by atoms with van der Waals surface area (Å²) >= 11 is 0. The summed E-state index contributed by atoms with van der Waals surface area (Å²) in [6.45, 7) is 23.1. The first-order valence-electron chi connectivity index (χ1n) is 16.6. The van der Waals surface area contributed by atoms with E-state index in [-0.39, 0.29) is 28.8 Å². The first kappa shape index (κ1) is 30.9. The van der Waals surface area contributed by atoms with Crippen LogP contribution in [0.25, 0.3) is 0 Å². The molecule has 0 N–H and O–H groups in total. The molecule has 6 aliphatic rings. The first-order chi connectivity index (χ1) is 19.3. The van der Waals surface area contributed by atoms with E-state index in [1.807, 2.05) is 6.92 Å². The average Bonchev–Trinajstić information content (AvgIpc) is 3.46. The third-order valence-electron chi connectivity index (χ3n) is 12.3. The Balaban J connectivity index is 1.32. The molecule has 4 aliphatic carbocycles. The van der Waals surface area contributed by atoms with Crippen LogP contribution in [0.15, 0.2) is 23.2 Å². The Hall–Kier alpha value is -1.10. The zero-order valence-electron chi connectivity index (χ0n) is 28.1. The molecule has 0 bridgehead atoms. The Morgan fingerprint density at radius 1 is 0.952 bits per heavy atom. The zero-order valence-corrected chi connectivity index (χ0v) is 30.1. The molecule has 6 rings (SSSR count). The summed E-state index contributed by atoms with van der Waals surface area (Å²) in [5.74, 6) is 3.99. The molecule has 2 saturated heterocycles. The lowest BCUT2D eigenvalue weighted by Crippen LogP contribution is -2.52. The number of hydrogen-bond donors (Lipinski definition) is 0. The second kappa shape index (κ2) is 9.70. The predicted molar refractivity (Wildman–Crippen MR) is 169 cm³/mol. The van der Waals surface area contributed by atoms with Crippen molar-refractivity contribution in [2.45, 2.75) is 136 Å². The lowest BCUT2D eigenvalue weighted by molar-refractivity contribution is -0.258. The van der Waals surface area contributed by atoms with E-state index < -0.39 is 28.0 Å². The minimum Gasteiger partial charge on any atom is -0.547 e. The van der Waals surface area contributed by atoms with Crippen molar-refractivity contribution in [3.05, 3.63) is 23.2 Å². The van der Waals surface area contributed by atoms with Gasteiger partial charge in [-0.15, -0.1) is 0 Å². The van der Waals surface area contributed by atoms with Gasteiger partial charge < -0.3 is 23.1 Å². The molecule has 0 aromatic rings. The lowest BCUT2D eigenvalue weighted by Gasteiger charge is -2.58. The Labute approximate surface area is 256 Å². The van der Waals surface area contributed by atoms with E-state index in [0.29, 0.717) is 30.1 Å². The normalized spacial score (nSPS) is 46.5. The SMILES string of the molecule is COC(=O)[C@]1(C)CC[C@]2(O[C@H]3C[C@H]4[C@@H]5CC(O[Si](C)(C)C)=C6C=C(O[Si](C)(C)C)CC[C@]6(C)[C@H]5CC[C@]4(C)[C@H]3[C@@H]2C)O1. The predicted octanol–water partition coefficient (Wildman–Crippen LogP) is 8.17. The van der Waals surface area contributed by atoms with Gasteiger partial charge in [-0.25, -0.2) is 4.79 Å². The molecule has 42 heavy (non-hydrogen) atoms. The fraction of sp³-hybridized carbons (Fsp3) is 0.853. The molecule has 2 saturated carbocycles. The highest BCUT2D eigenvalue weighted by atomic mass is 28.4. The molecule has 0 amide bonds. The third kappa shape index (κ3) is 4.71. The van der Waals surface area contributed by atoms with Gasteiger partial charge in [-0.05, 0) is 124 Å². The second-order valence-corrected chi connectivity index (χ2v) is 26.1. The van der Waals surface area contributed by atoms with Crippen LogP contribution in [-0.2, 0) is 27.9 Å². The number of ether oxygens (including phenoxy) is 3. The minimum absolute atomic E-state index is 0.119. The highest BCUT2D eigenvalue weighted by Crippen LogP contribution is 2.71. The minimum atomic E-state index is -1.81. The summed E-state index contributed by atoms with van der Waals surface area (Å²) in [5.41, 5.74) is 0.830. The van der Waals surface area contributed by atoms with Gasteiger partial charge in [0.25, 0.3) is 0 Å². The summed E-state index contributed by atoms with van der Waals surface area (Å²) in [4.78, 5) is 12.6. The number of carbonyl (C=O) groups is 1. The van der Waals surface area contributed by atoms with Gasteiger partial charge in [-0.2, -0.15) is 0 Å². The average molecular weight is 617 g/mol. The summed E-state index contributed by atoms with van der Waals surface area (Å²) in [7, 11) is -2.04. The number of allylic oxidation sites excluding steroid dienone is 4. The molecule has 8 heteroatoms. The van der Waals surface area contributed by atoms with Crippen molar-refractivity contribution in [2.24, 2.45) is 40.4 Å². The van der Waals surface area contributed by atoms with Gasteiger partial charge in [0.15, 0.2) is 11.4 Å². The van der Waals surface area contributed by atoms with E-state index in [1.165, 1.54) is 37.0 Å². The van der Waals surface area contributed by atoms with Crippen molar-refractivity contribution in [2.75, 3.05) is 7.11 Å². The summed E-state index contributed by atoms with van der Waals surface area (Å²) in [6.07, 6.45) is 10.8. The molecule has 2 aliphatic heterocycles. The van der Waals surface area contributed by atoms with E-state index in [0.717, 1.165) is 32.1 Å². The Morgan fingerprint density at radius 3 is 2.29 bits per heavy atom. The fourth-order valence-electron chi connectivity index (χ4n) is 10.7. The van der Waals surface area contributed by atoms with Crippen LogP contribution in [-0.4, -0.2) is 47.2 Å². The standard InChI is InChI=1S/C34H56O6Si2/c1-21-29-28(37-34(21)17-16-33(4,40-34)30(35)36-5)20-25-23-19-27(39-42(9,10)11)26-18-22(38-41(6,7)8)12-14-31(26,2)24(23)13-15-32(25,29)3/h18,21,23-25,28-29H,12-17,19-20H2,1-11H3/t21-,23+,24-,25-,28-,29-,31+,32-,33-,34-/m0/s1. The molecule has 2 heterocycles. The Morgan fingerprint density at radius 2 is 1.64 bits per heavy atom. The number of carbonyl (C=O) groups excluding carboxylic acids is 1. The van der Waals surface area contributed by atoms with Gasteiger partial charge in [0, 0.05) is 25.2 Å². The molecule has 1 spiro atoms. The highest BCUT2D eigenvalue weighted by Gasteiger charge is 2.71. The monoisotopic (exact) mass is 616 g/mol.